The van der Waals surface area contributed by atoms with E-state index in [1.807, 2.05) is 23.0 Å². The minimum absolute atomic E-state index is 0.763. The van der Waals surface area contributed by atoms with Crippen LogP contribution < -0.4 is 10.1 Å². The topological polar surface area (TPSA) is 52.0 Å². The molecule has 0 unspecified atom stereocenters. The standard InChI is InChI=1S/C20H26N4O/c1-3-24-20-17(13-22-24)19(21-12-14-7-5-4-6-8-14)16-11-15(25-2)9-10-18(16)23-20/h9-11,13-14H,3-8,12H2,1-2H3,(H,21,23). The first-order valence-corrected chi connectivity index (χ1v) is 9.37. The third-order valence-corrected chi connectivity index (χ3v) is 5.37. The molecule has 2 heterocycles. The van der Waals surface area contributed by atoms with E-state index in [-0.39, 0.29) is 0 Å². The Balaban J connectivity index is 1.79. The van der Waals surface area contributed by atoms with Crippen LogP contribution in [-0.4, -0.2) is 28.4 Å². The van der Waals surface area contributed by atoms with Crippen LogP contribution in [0.4, 0.5) is 5.69 Å². The van der Waals surface area contributed by atoms with E-state index in [1.165, 1.54) is 32.1 Å². The predicted molar refractivity (Wildman–Crippen MR) is 102 cm³/mol. The minimum Gasteiger partial charge on any atom is -0.497 e. The molecule has 1 aliphatic carbocycles. The van der Waals surface area contributed by atoms with Crippen LogP contribution in [0.25, 0.3) is 21.9 Å². The highest BCUT2D eigenvalue weighted by Gasteiger charge is 2.17. The highest BCUT2D eigenvalue weighted by atomic mass is 16.5. The average Bonchev–Trinajstić information content (AvgIpc) is 3.08. The number of aryl methyl sites for hydroxylation is 1. The normalized spacial score (nSPS) is 15.8. The third kappa shape index (κ3) is 3.03. The van der Waals surface area contributed by atoms with Crippen molar-refractivity contribution in [3.05, 3.63) is 24.4 Å². The molecule has 0 aliphatic heterocycles. The number of anilines is 1. The summed E-state index contributed by atoms with van der Waals surface area (Å²) in [6.07, 6.45) is 8.71. The summed E-state index contributed by atoms with van der Waals surface area (Å²) in [5, 5.41) is 10.5. The largest absolute Gasteiger partial charge is 0.497 e. The molecule has 0 radical (unpaired) electrons. The molecule has 1 aliphatic rings. The van der Waals surface area contributed by atoms with Gasteiger partial charge in [-0.1, -0.05) is 19.3 Å². The summed E-state index contributed by atoms with van der Waals surface area (Å²) in [5.41, 5.74) is 3.07. The van der Waals surface area contributed by atoms with Crippen LogP contribution in [0, 0.1) is 5.92 Å². The molecule has 5 nitrogen and oxygen atoms in total. The van der Waals surface area contributed by atoms with Gasteiger partial charge in [0, 0.05) is 18.5 Å². The van der Waals surface area contributed by atoms with Crippen molar-refractivity contribution >= 4 is 27.6 Å². The van der Waals surface area contributed by atoms with E-state index in [4.69, 9.17) is 9.72 Å². The number of hydrogen-bond donors (Lipinski definition) is 1. The number of aromatic nitrogens is 3. The first kappa shape index (κ1) is 16.2. The van der Waals surface area contributed by atoms with E-state index < -0.39 is 0 Å². The van der Waals surface area contributed by atoms with Crippen molar-refractivity contribution in [1.82, 2.24) is 14.8 Å². The molecule has 3 aromatic rings. The van der Waals surface area contributed by atoms with Crippen LogP contribution in [0.5, 0.6) is 5.75 Å². The van der Waals surface area contributed by atoms with Gasteiger partial charge in [-0.3, -0.25) is 0 Å². The summed E-state index contributed by atoms with van der Waals surface area (Å²) in [6, 6.07) is 6.08. The Hall–Kier alpha value is -2.30. The zero-order valence-electron chi connectivity index (χ0n) is 15.1. The van der Waals surface area contributed by atoms with Crippen LogP contribution >= 0.6 is 0 Å². The first-order chi connectivity index (χ1) is 12.3. The number of benzene rings is 1. The fraction of sp³-hybridized carbons (Fsp3) is 0.500. The molecule has 0 atom stereocenters. The second-order valence-corrected chi connectivity index (χ2v) is 6.95. The minimum atomic E-state index is 0.763. The summed E-state index contributed by atoms with van der Waals surface area (Å²) < 4.78 is 7.40. The molecule has 4 rings (SSSR count). The van der Waals surface area contributed by atoms with Gasteiger partial charge >= 0.3 is 0 Å². The third-order valence-electron chi connectivity index (χ3n) is 5.37. The predicted octanol–water partition coefficient (Wildman–Crippen LogP) is 4.61. The van der Waals surface area contributed by atoms with Crippen LogP contribution in [0.15, 0.2) is 24.4 Å². The molecule has 1 saturated carbocycles. The SMILES string of the molecule is CCn1ncc2c(NCC3CCCCC3)c3cc(OC)ccc3nc21. The average molecular weight is 338 g/mol. The zero-order chi connectivity index (χ0) is 17.2. The Kier molecular flexibility index (Phi) is 4.47. The van der Waals surface area contributed by atoms with Crippen molar-refractivity contribution in [2.45, 2.75) is 45.6 Å². The molecular formula is C20H26N4O. The van der Waals surface area contributed by atoms with Crippen LogP contribution in [0.1, 0.15) is 39.0 Å². The summed E-state index contributed by atoms with van der Waals surface area (Å²) in [7, 11) is 1.71. The maximum Gasteiger partial charge on any atom is 0.160 e. The Morgan fingerprint density at radius 3 is 2.80 bits per heavy atom. The number of rotatable bonds is 5. The number of ether oxygens (including phenoxy) is 1. The Labute approximate surface area is 148 Å². The molecule has 2 aromatic heterocycles. The van der Waals surface area contributed by atoms with Gasteiger partial charge < -0.3 is 10.1 Å². The lowest BCUT2D eigenvalue weighted by molar-refractivity contribution is 0.373. The lowest BCUT2D eigenvalue weighted by Gasteiger charge is -2.23. The van der Waals surface area contributed by atoms with Gasteiger partial charge in [0.05, 0.1) is 29.9 Å². The summed E-state index contributed by atoms with van der Waals surface area (Å²) in [4.78, 5) is 4.84. The lowest BCUT2D eigenvalue weighted by Crippen LogP contribution is -2.17. The number of hydrogen-bond acceptors (Lipinski definition) is 4. The van der Waals surface area contributed by atoms with E-state index in [2.05, 4.69) is 23.4 Å². The van der Waals surface area contributed by atoms with Gasteiger partial charge in [-0.2, -0.15) is 5.10 Å². The van der Waals surface area contributed by atoms with Crippen molar-refractivity contribution in [2.75, 3.05) is 19.0 Å². The van der Waals surface area contributed by atoms with Crippen molar-refractivity contribution < 1.29 is 4.74 Å². The van der Waals surface area contributed by atoms with E-state index in [0.717, 1.165) is 52.4 Å². The number of nitrogens with zero attached hydrogens (tertiary/aromatic N) is 3. The van der Waals surface area contributed by atoms with Crippen LogP contribution in [0.3, 0.4) is 0 Å². The highest BCUT2D eigenvalue weighted by molar-refractivity contribution is 6.06. The van der Waals surface area contributed by atoms with E-state index in [9.17, 15) is 0 Å². The molecular weight excluding hydrogens is 312 g/mol. The van der Waals surface area contributed by atoms with Crippen LogP contribution in [-0.2, 0) is 6.54 Å². The number of nitrogens with one attached hydrogen (secondary N) is 1. The van der Waals surface area contributed by atoms with Crippen molar-refractivity contribution in [2.24, 2.45) is 5.92 Å². The Morgan fingerprint density at radius 1 is 1.20 bits per heavy atom. The molecule has 0 amide bonds. The van der Waals surface area contributed by atoms with Crippen molar-refractivity contribution in [3.63, 3.8) is 0 Å². The van der Waals surface area contributed by atoms with Gasteiger partial charge in [-0.25, -0.2) is 9.67 Å². The quantitative estimate of drug-likeness (QED) is 0.738. The lowest BCUT2D eigenvalue weighted by atomic mass is 9.89. The second kappa shape index (κ2) is 6.90. The van der Waals surface area contributed by atoms with Gasteiger partial charge in [0.1, 0.15) is 5.75 Å². The summed E-state index contributed by atoms with van der Waals surface area (Å²) in [6.45, 7) is 3.93. The number of methoxy groups -OCH3 is 1. The Morgan fingerprint density at radius 2 is 2.04 bits per heavy atom. The van der Waals surface area contributed by atoms with E-state index >= 15 is 0 Å². The fourth-order valence-corrected chi connectivity index (χ4v) is 3.93. The number of fused-ring (bicyclic) bond motifs is 2. The molecule has 25 heavy (non-hydrogen) atoms. The smallest absolute Gasteiger partial charge is 0.160 e. The monoisotopic (exact) mass is 338 g/mol. The summed E-state index contributed by atoms with van der Waals surface area (Å²) in [5.74, 6) is 1.62. The molecule has 1 aromatic carbocycles. The molecule has 132 valence electrons. The second-order valence-electron chi connectivity index (χ2n) is 6.95. The Bertz CT molecular complexity index is 880. The molecule has 5 heteroatoms. The highest BCUT2D eigenvalue weighted by Crippen LogP contribution is 2.34. The van der Waals surface area contributed by atoms with E-state index in [0.29, 0.717) is 0 Å². The fourth-order valence-electron chi connectivity index (χ4n) is 3.93. The van der Waals surface area contributed by atoms with Gasteiger partial charge in [0.25, 0.3) is 0 Å². The van der Waals surface area contributed by atoms with E-state index in [1.54, 1.807) is 7.11 Å². The number of pyridine rings is 1. The molecule has 1 N–H and O–H groups in total. The molecule has 0 spiro atoms. The first-order valence-electron chi connectivity index (χ1n) is 9.37. The van der Waals surface area contributed by atoms with Crippen molar-refractivity contribution in [3.8, 4) is 5.75 Å². The van der Waals surface area contributed by atoms with Gasteiger partial charge in [-0.15, -0.1) is 0 Å². The van der Waals surface area contributed by atoms with Gasteiger partial charge in [0.2, 0.25) is 0 Å². The zero-order valence-corrected chi connectivity index (χ0v) is 15.1. The van der Waals surface area contributed by atoms with Crippen LogP contribution in [0.2, 0.25) is 0 Å². The summed E-state index contributed by atoms with van der Waals surface area (Å²) >= 11 is 0. The maximum absolute atomic E-state index is 5.43. The van der Waals surface area contributed by atoms with Gasteiger partial charge in [-0.05, 0) is 43.9 Å². The maximum atomic E-state index is 5.43. The molecule has 1 fully saturated rings. The van der Waals surface area contributed by atoms with Crippen molar-refractivity contribution in [1.29, 1.82) is 0 Å². The molecule has 0 saturated heterocycles. The molecule has 0 bridgehead atoms. The van der Waals surface area contributed by atoms with Gasteiger partial charge in [0.15, 0.2) is 5.65 Å².